The summed E-state index contributed by atoms with van der Waals surface area (Å²) < 4.78 is 45.8. The fourth-order valence-electron chi connectivity index (χ4n) is 2.40. The van der Waals surface area contributed by atoms with E-state index in [-0.39, 0.29) is 27.0 Å². The Balaban J connectivity index is 1.86. The largest absolute Gasteiger partial charge is 0.495 e. The smallest absolute Gasteiger partial charge is 0.262 e. The Morgan fingerprint density at radius 3 is 2.45 bits per heavy atom. The molecule has 3 rings (SSSR count). The average Bonchev–Trinajstić information content (AvgIpc) is 2.69. The monoisotopic (exact) mass is 435 g/mol. The number of hydrogen-bond donors (Lipinski definition) is 2. The number of pyridine rings is 1. The molecule has 0 fully saturated rings. The second kappa shape index (κ2) is 8.46. The number of benzene rings is 2. The van der Waals surface area contributed by atoms with Crippen LogP contribution in [-0.4, -0.2) is 26.4 Å². The fraction of sp³-hybridized carbons (Fsp3) is 0.0526. The van der Waals surface area contributed by atoms with E-state index in [1.807, 2.05) is 0 Å². The molecule has 0 atom stereocenters. The molecule has 1 heterocycles. The maximum atomic E-state index is 13.1. The van der Waals surface area contributed by atoms with Crippen molar-refractivity contribution in [2.75, 3.05) is 17.1 Å². The number of anilines is 2. The van der Waals surface area contributed by atoms with E-state index in [4.69, 9.17) is 16.3 Å². The Morgan fingerprint density at radius 1 is 1.10 bits per heavy atom. The highest BCUT2D eigenvalue weighted by atomic mass is 35.5. The molecule has 1 aromatic heterocycles. The van der Waals surface area contributed by atoms with E-state index >= 15 is 0 Å². The number of halogens is 2. The van der Waals surface area contributed by atoms with Gasteiger partial charge in [0.1, 0.15) is 16.7 Å². The summed E-state index contributed by atoms with van der Waals surface area (Å²) in [5.41, 5.74) is 0.699. The quantitative estimate of drug-likeness (QED) is 0.571. The summed E-state index contributed by atoms with van der Waals surface area (Å²) in [7, 11) is -2.62. The molecular weight excluding hydrogens is 421 g/mol. The van der Waals surface area contributed by atoms with Gasteiger partial charge in [-0.2, -0.15) is 0 Å². The highest BCUT2D eigenvalue weighted by molar-refractivity contribution is 7.92. The number of ether oxygens (including phenoxy) is 1. The normalized spacial score (nSPS) is 11.0. The standard InChI is InChI=1S/C19H15ClFN3O4S/c1-28-17-8-5-14(23-19(25)12-2-9-18(20)22-11-12)10-16(17)24-29(26,27)15-6-3-13(21)4-7-15/h2-11,24H,1H3,(H,23,25). The minimum atomic E-state index is -4.00. The number of nitrogens with one attached hydrogen (secondary N) is 2. The summed E-state index contributed by atoms with van der Waals surface area (Å²) in [4.78, 5) is 16.0. The number of nitrogens with zero attached hydrogens (tertiary/aromatic N) is 1. The summed E-state index contributed by atoms with van der Waals surface area (Å²) in [6, 6.07) is 11.8. The molecule has 3 aromatic rings. The Kier molecular flexibility index (Phi) is 6.00. The van der Waals surface area contributed by atoms with Gasteiger partial charge in [-0.25, -0.2) is 17.8 Å². The first-order valence-corrected chi connectivity index (χ1v) is 10.0. The Hall–Kier alpha value is -3.17. The summed E-state index contributed by atoms with van der Waals surface area (Å²) in [6.45, 7) is 0. The van der Waals surface area contributed by atoms with E-state index in [1.54, 1.807) is 6.07 Å². The van der Waals surface area contributed by atoms with Crippen molar-refractivity contribution in [3.05, 3.63) is 77.3 Å². The maximum Gasteiger partial charge on any atom is 0.262 e. The SMILES string of the molecule is COc1ccc(NC(=O)c2ccc(Cl)nc2)cc1NS(=O)(=O)c1ccc(F)cc1. The van der Waals surface area contributed by atoms with Crippen molar-refractivity contribution in [3.8, 4) is 5.75 Å². The molecular formula is C19H15ClFN3O4S. The fourth-order valence-corrected chi connectivity index (χ4v) is 3.57. The second-order valence-corrected chi connectivity index (χ2v) is 7.87. The topological polar surface area (TPSA) is 97.4 Å². The van der Waals surface area contributed by atoms with Gasteiger partial charge >= 0.3 is 0 Å². The van der Waals surface area contributed by atoms with E-state index in [1.165, 1.54) is 37.6 Å². The van der Waals surface area contributed by atoms with Gasteiger partial charge in [0.15, 0.2) is 0 Å². The lowest BCUT2D eigenvalue weighted by molar-refractivity contribution is 0.102. The molecule has 0 saturated heterocycles. The highest BCUT2D eigenvalue weighted by Crippen LogP contribution is 2.30. The van der Waals surface area contributed by atoms with Gasteiger partial charge < -0.3 is 10.1 Å². The van der Waals surface area contributed by atoms with Crippen LogP contribution in [0.5, 0.6) is 5.75 Å². The third-order valence-electron chi connectivity index (χ3n) is 3.82. The van der Waals surface area contributed by atoms with Crippen molar-refractivity contribution in [1.29, 1.82) is 0 Å². The zero-order valence-corrected chi connectivity index (χ0v) is 16.6. The predicted octanol–water partition coefficient (Wildman–Crippen LogP) is 3.94. The van der Waals surface area contributed by atoms with Crippen LogP contribution in [0.15, 0.2) is 65.7 Å². The van der Waals surface area contributed by atoms with Crippen LogP contribution in [0.2, 0.25) is 5.15 Å². The summed E-state index contributed by atoms with van der Waals surface area (Å²) in [5, 5.41) is 2.89. The van der Waals surface area contributed by atoms with E-state index in [0.29, 0.717) is 5.69 Å². The second-order valence-electron chi connectivity index (χ2n) is 5.80. The van der Waals surface area contributed by atoms with E-state index in [2.05, 4.69) is 15.0 Å². The molecule has 2 aromatic carbocycles. The lowest BCUT2D eigenvalue weighted by Crippen LogP contribution is -2.15. The average molecular weight is 436 g/mol. The van der Waals surface area contributed by atoms with Gasteiger partial charge in [0.05, 0.1) is 23.3 Å². The first kappa shape index (κ1) is 20.6. The molecule has 0 aliphatic rings. The third kappa shape index (κ3) is 5.01. The van der Waals surface area contributed by atoms with Gasteiger partial charge in [0.2, 0.25) is 0 Å². The van der Waals surface area contributed by atoms with Crippen LogP contribution in [0.25, 0.3) is 0 Å². The Morgan fingerprint density at radius 2 is 1.83 bits per heavy atom. The molecule has 29 heavy (non-hydrogen) atoms. The van der Waals surface area contributed by atoms with Crippen molar-refractivity contribution >= 4 is 38.9 Å². The molecule has 0 unspecified atom stereocenters. The van der Waals surface area contributed by atoms with Gasteiger partial charge in [-0.1, -0.05) is 11.6 Å². The maximum absolute atomic E-state index is 13.1. The number of carbonyl (C=O) groups excluding carboxylic acids is 1. The van der Waals surface area contributed by atoms with Gasteiger partial charge in [-0.15, -0.1) is 0 Å². The molecule has 0 spiro atoms. The predicted molar refractivity (Wildman–Crippen MR) is 107 cm³/mol. The minimum Gasteiger partial charge on any atom is -0.495 e. The number of rotatable bonds is 6. The molecule has 0 bridgehead atoms. The molecule has 10 heteroatoms. The number of methoxy groups -OCH3 is 1. The number of amides is 1. The van der Waals surface area contributed by atoms with Crippen LogP contribution >= 0.6 is 11.6 Å². The number of carbonyl (C=O) groups is 1. The number of hydrogen-bond acceptors (Lipinski definition) is 5. The minimum absolute atomic E-state index is 0.101. The van der Waals surface area contributed by atoms with Crippen LogP contribution in [-0.2, 0) is 10.0 Å². The first-order chi connectivity index (χ1) is 13.8. The van der Waals surface area contributed by atoms with Crippen molar-refractivity contribution in [2.24, 2.45) is 0 Å². The highest BCUT2D eigenvalue weighted by Gasteiger charge is 2.18. The van der Waals surface area contributed by atoms with Gasteiger partial charge in [-0.05, 0) is 54.6 Å². The zero-order valence-electron chi connectivity index (χ0n) is 15.0. The van der Waals surface area contributed by atoms with Crippen molar-refractivity contribution in [3.63, 3.8) is 0 Å². The third-order valence-corrected chi connectivity index (χ3v) is 5.42. The van der Waals surface area contributed by atoms with Crippen molar-refractivity contribution in [1.82, 2.24) is 4.98 Å². The number of aromatic nitrogens is 1. The summed E-state index contributed by atoms with van der Waals surface area (Å²) >= 11 is 5.71. The summed E-state index contributed by atoms with van der Waals surface area (Å²) in [5.74, 6) is -0.767. The van der Waals surface area contributed by atoms with Crippen molar-refractivity contribution < 1.29 is 22.3 Å². The Bertz CT molecular complexity index is 1140. The molecule has 1 amide bonds. The van der Waals surface area contributed by atoms with Gasteiger partial charge in [0, 0.05) is 11.9 Å². The van der Waals surface area contributed by atoms with E-state index < -0.39 is 21.7 Å². The van der Waals surface area contributed by atoms with Gasteiger partial charge in [0.25, 0.3) is 15.9 Å². The lowest BCUT2D eigenvalue weighted by Gasteiger charge is -2.14. The summed E-state index contributed by atoms with van der Waals surface area (Å²) in [6.07, 6.45) is 1.32. The molecule has 0 aliphatic carbocycles. The molecule has 2 N–H and O–H groups in total. The van der Waals surface area contributed by atoms with Crippen LogP contribution in [0.1, 0.15) is 10.4 Å². The number of sulfonamides is 1. The first-order valence-electron chi connectivity index (χ1n) is 8.18. The molecule has 0 saturated carbocycles. The molecule has 7 nitrogen and oxygen atoms in total. The zero-order chi connectivity index (χ0) is 21.0. The van der Waals surface area contributed by atoms with Crippen LogP contribution < -0.4 is 14.8 Å². The van der Waals surface area contributed by atoms with Crippen LogP contribution in [0.3, 0.4) is 0 Å². The van der Waals surface area contributed by atoms with Crippen LogP contribution in [0.4, 0.5) is 15.8 Å². The molecule has 0 aliphatic heterocycles. The van der Waals surface area contributed by atoms with E-state index in [0.717, 1.165) is 24.3 Å². The van der Waals surface area contributed by atoms with Gasteiger partial charge in [-0.3, -0.25) is 9.52 Å². The van der Waals surface area contributed by atoms with Crippen molar-refractivity contribution in [2.45, 2.75) is 4.90 Å². The molecule has 0 radical (unpaired) electrons. The lowest BCUT2D eigenvalue weighted by atomic mass is 10.2. The van der Waals surface area contributed by atoms with E-state index in [9.17, 15) is 17.6 Å². The molecule has 150 valence electrons. The Labute approximate surface area is 171 Å². The van der Waals surface area contributed by atoms with Crippen LogP contribution in [0, 0.1) is 5.82 Å².